The second kappa shape index (κ2) is 9.28. The molecular formula is C22H16ClN7O5S. The Morgan fingerprint density at radius 1 is 1.08 bits per heavy atom. The molecule has 0 aliphatic heterocycles. The molecule has 0 aliphatic rings. The van der Waals surface area contributed by atoms with Crippen LogP contribution in [0.5, 0.6) is 11.5 Å². The third-order valence-corrected chi connectivity index (χ3v) is 6.35. The summed E-state index contributed by atoms with van der Waals surface area (Å²) in [6.45, 7) is 0. The highest BCUT2D eigenvalue weighted by atomic mass is 35.5. The molecular weight excluding hydrogens is 510 g/mol. The summed E-state index contributed by atoms with van der Waals surface area (Å²) in [4.78, 5) is 39.4. The molecule has 0 bridgehead atoms. The van der Waals surface area contributed by atoms with E-state index >= 15 is 0 Å². The number of benzene rings is 2. The van der Waals surface area contributed by atoms with Gasteiger partial charge in [0, 0.05) is 22.7 Å². The molecule has 5 aromatic rings. The van der Waals surface area contributed by atoms with Crippen molar-refractivity contribution in [1.82, 2.24) is 29.5 Å². The lowest BCUT2D eigenvalue weighted by molar-refractivity contribution is 0.0449. The maximum atomic E-state index is 13.2. The van der Waals surface area contributed by atoms with Gasteiger partial charge in [-0.15, -0.1) is 14.9 Å². The van der Waals surface area contributed by atoms with E-state index in [9.17, 15) is 9.59 Å². The number of amides is 1. The van der Waals surface area contributed by atoms with Crippen LogP contribution in [-0.4, -0.2) is 55.6 Å². The third kappa shape index (κ3) is 4.10. The Balaban J connectivity index is 1.64. The number of aromatic nitrogens is 6. The summed E-state index contributed by atoms with van der Waals surface area (Å²) in [5, 5.41) is 8.01. The largest absolute Gasteiger partial charge is 0.493 e. The number of thiazole rings is 1. The highest BCUT2D eigenvalue weighted by molar-refractivity contribution is 7.16. The summed E-state index contributed by atoms with van der Waals surface area (Å²) in [5.74, 6) is -1.02. The predicted octanol–water partition coefficient (Wildman–Crippen LogP) is 2.78. The molecule has 0 saturated carbocycles. The first kappa shape index (κ1) is 23.3. The molecule has 1 amide bonds. The van der Waals surface area contributed by atoms with Gasteiger partial charge in [0.25, 0.3) is 11.7 Å². The van der Waals surface area contributed by atoms with Crippen molar-refractivity contribution in [3.8, 4) is 27.9 Å². The lowest BCUT2D eigenvalue weighted by atomic mass is 10.1. The smallest absolute Gasteiger partial charge is 0.375 e. The van der Waals surface area contributed by atoms with E-state index in [-0.39, 0.29) is 10.7 Å². The van der Waals surface area contributed by atoms with Crippen LogP contribution in [0.3, 0.4) is 0 Å². The molecule has 2 N–H and O–H groups in total. The SMILES string of the molecule is COc1cc2ncn(-c3nc(-c4cccc(Cl)c4)c(C(=O)On4cnnc4C(N)=O)s3)c2cc1OC. The monoisotopic (exact) mass is 525 g/mol. The second-order valence-corrected chi connectivity index (χ2v) is 8.63. The van der Waals surface area contributed by atoms with Crippen LogP contribution in [0.4, 0.5) is 0 Å². The number of hydrogen-bond donors (Lipinski definition) is 1. The van der Waals surface area contributed by atoms with Crippen LogP contribution >= 0.6 is 22.9 Å². The Labute approximate surface area is 211 Å². The summed E-state index contributed by atoms with van der Waals surface area (Å²) in [5.41, 5.74) is 7.48. The molecule has 2 aromatic carbocycles. The number of imidazole rings is 1. The van der Waals surface area contributed by atoms with Gasteiger partial charge in [-0.25, -0.2) is 14.8 Å². The molecule has 0 radical (unpaired) electrons. The Morgan fingerprint density at radius 2 is 1.86 bits per heavy atom. The van der Waals surface area contributed by atoms with Gasteiger partial charge in [-0.3, -0.25) is 9.36 Å². The van der Waals surface area contributed by atoms with Crippen molar-refractivity contribution in [2.24, 2.45) is 5.73 Å². The van der Waals surface area contributed by atoms with Crippen LogP contribution in [0.1, 0.15) is 20.3 Å². The summed E-state index contributed by atoms with van der Waals surface area (Å²) < 4.78 is 13.3. The van der Waals surface area contributed by atoms with Gasteiger partial charge in [-0.05, 0) is 12.1 Å². The number of fused-ring (bicyclic) bond motifs is 1. The minimum absolute atomic E-state index is 0.138. The number of carbonyl (C=O) groups is 2. The van der Waals surface area contributed by atoms with Crippen LogP contribution in [0.25, 0.3) is 27.4 Å². The van der Waals surface area contributed by atoms with Crippen LogP contribution in [0.2, 0.25) is 5.02 Å². The lowest BCUT2D eigenvalue weighted by Gasteiger charge is -2.07. The van der Waals surface area contributed by atoms with E-state index < -0.39 is 11.9 Å². The van der Waals surface area contributed by atoms with Gasteiger partial charge in [-0.1, -0.05) is 35.1 Å². The molecule has 0 atom stereocenters. The zero-order chi connectivity index (χ0) is 25.4. The zero-order valence-electron chi connectivity index (χ0n) is 18.7. The topological polar surface area (TPSA) is 149 Å². The standard InChI is InChI=1S/C22H16ClN7O5S/c1-33-15-7-13-14(8-16(15)34-2)29(9-25-13)22-27-17(11-4-3-5-12(23)6-11)18(36-22)21(32)35-30-10-26-28-20(30)19(24)31/h3-10H,1-2H3,(H2,24,31). The quantitative estimate of drug-likeness (QED) is 0.338. The average Bonchev–Trinajstić information content (AvgIpc) is 3.60. The average molecular weight is 526 g/mol. The Bertz CT molecular complexity index is 1630. The van der Waals surface area contributed by atoms with Crippen molar-refractivity contribution >= 4 is 45.8 Å². The van der Waals surface area contributed by atoms with Crippen LogP contribution in [0.15, 0.2) is 49.1 Å². The molecule has 0 spiro atoms. The Kier molecular flexibility index (Phi) is 6.00. The fraction of sp³-hybridized carbons (Fsp3) is 0.0909. The number of nitrogens with two attached hydrogens (primary N) is 1. The number of carbonyl (C=O) groups excluding carboxylic acids is 2. The van der Waals surface area contributed by atoms with E-state index in [1.807, 2.05) is 0 Å². The normalized spacial score (nSPS) is 11.0. The van der Waals surface area contributed by atoms with E-state index in [4.69, 9.17) is 36.6 Å². The fourth-order valence-corrected chi connectivity index (χ4v) is 4.59. The van der Waals surface area contributed by atoms with Crippen molar-refractivity contribution in [1.29, 1.82) is 0 Å². The molecule has 0 unspecified atom stereocenters. The van der Waals surface area contributed by atoms with Gasteiger partial charge < -0.3 is 20.0 Å². The maximum absolute atomic E-state index is 13.2. The number of methoxy groups -OCH3 is 2. The first-order valence-electron chi connectivity index (χ1n) is 10.2. The van der Waals surface area contributed by atoms with Gasteiger partial charge in [0.15, 0.2) is 23.0 Å². The van der Waals surface area contributed by atoms with E-state index in [0.717, 1.165) is 22.4 Å². The first-order valence-corrected chi connectivity index (χ1v) is 11.4. The van der Waals surface area contributed by atoms with E-state index in [1.165, 1.54) is 14.2 Å². The van der Waals surface area contributed by atoms with Crippen molar-refractivity contribution in [2.75, 3.05) is 14.2 Å². The molecule has 182 valence electrons. The van der Waals surface area contributed by atoms with Gasteiger partial charge in [-0.2, -0.15) is 0 Å². The van der Waals surface area contributed by atoms with Gasteiger partial charge in [0.2, 0.25) is 0 Å². The van der Waals surface area contributed by atoms with E-state index in [0.29, 0.717) is 43.9 Å². The third-order valence-electron chi connectivity index (χ3n) is 5.08. The summed E-state index contributed by atoms with van der Waals surface area (Å²) in [6, 6.07) is 10.4. The van der Waals surface area contributed by atoms with E-state index in [2.05, 4.69) is 15.2 Å². The number of nitrogens with zero attached hydrogens (tertiary/aromatic N) is 6. The highest BCUT2D eigenvalue weighted by Gasteiger charge is 2.25. The molecule has 0 saturated heterocycles. The zero-order valence-corrected chi connectivity index (χ0v) is 20.3. The molecule has 36 heavy (non-hydrogen) atoms. The van der Waals surface area contributed by atoms with Crippen LogP contribution in [-0.2, 0) is 0 Å². The minimum Gasteiger partial charge on any atom is -0.493 e. The Morgan fingerprint density at radius 3 is 2.58 bits per heavy atom. The maximum Gasteiger partial charge on any atom is 0.375 e. The molecule has 0 aliphatic carbocycles. The number of rotatable bonds is 7. The number of ether oxygens (including phenoxy) is 2. The molecule has 12 nitrogen and oxygen atoms in total. The lowest BCUT2D eigenvalue weighted by Crippen LogP contribution is -2.26. The van der Waals surface area contributed by atoms with Crippen molar-refractivity contribution < 1.29 is 23.9 Å². The fourth-order valence-electron chi connectivity index (χ4n) is 3.45. The van der Waals surface area contributed by atoms with Crippen LogP contribution in [0, 0.1) is 0 Å². The van der Waals surface area contributed by atoms with Crippen molar-refractivity contribution in [3.05, 3.63) is 64.8 Å². The Hall–Kier alpha value is -4.49. The summed E-state index contributed by atoms with van der Waals surface area (Å²) >= 11 is 7.24. The summed E-state index contributed by atoms with van der Waals surface area (Å²) in [6.07, 6.45) is 2.63. The van der Waals surface area contributed by atoms with Crippen LogP contribution < -0.4 is 20.0 Å². The van der Waals surface area contributed by atoms with Gasteiger partial charge in [0.05, 0.1) is 30.9 Å². The minimum atomic E-state index is -0.908. The summed E-state index contributed by atoms with van der Waals surface area (Å²) in [7, 11) is 3.07. The second-order valence-electron chi connectivity index (χ2n) is 7.22. The number of halogens is 1. The molecule has 3 heterocycles. The molecule has 0 fully saturated rings. The van der Waals surface area contributed by atoms with Crippen molar-refractivity contribution in [3.63, 3.8) is 0 Å². The molecule has 5 rings (SSSR count). The number of primary amides is 1. The van der Waals surface area contributed by atoms with E-state index in [1.54, 1.807) is 47.3 Å². The van der Waals surface area contributed by atoms with Crippen molar-refractivity contribution in [2.45, 2.75) is 0 Å². The molecule has 14 heteroatoms. The predicted molar refractivity (Wildman–Crippen MR) is 130 cm³/mol. The van der Waals surface area contributed by atoms with Gasteiger partial charge in [0.1, 0.15) is 11.2 Å². The van der Waals surface area contributed by atoms with Gasteiger partial charge >= 0.3 is 5.97 Å². The number of hydrogen-bond acceptors (Lipinski definition) is 10. The first-order chi connectivity index (χ1) is 17.4. The molecule has 3 aromatic heterocycles. The highest BCUT2D eigenvalue weighted by Crippen LogP contribution is 2.36.